The Morgan fingerprint density at radius 3 is 2.47 bits per heavy atom. The largest absolute Gasteiger partial charge is 0.497 e. The molecule has 0 heterocycles. The van der Waals surface area contributed by atoms with Crippen LogP contribution in [0.15, 0.2) is 60.3 Å². The van der Waals surface area contributed by atoms with Crippen LogP contribution in [0.1, 0.15) is 17.3 Å². The normalized spacial score (nSPS) is 10.5. The number of esters is 1. The molecule has 2 aromatic rings. The highest BCUT2D eigenvalue weighted by molar-refractivity contribution is 6.09. The first-order valence-electron chi connectivity index (χ1n) is 9.27. The van der Waals surface area contributed by atoms with Crippen molar-refractivity contribution in [2.45, 2.75) is 6.92 Å². The highest BCUT2D eigenvalue weighted by atomic mass is 16.5. The van der Waals surface area contributed by atoms with Gasteiger partial charge in [0, 0.05) is 12.7 Å². The van der Waals surface area contributed by atoms with Crippen molar-refractivity contribution in [3.8, 4) is 17.6 Å². The Hall–Kier alpha value is -3.99. The van der Waals surface area contributed by atoms with Gasteiger partial charge in [-0.1, -0.05) is 12.1 Å². The molecule has 0 aliphatic heterocycles. The Morgan fingerprint density at radius 2 is 1.80 bits per heavy atom. The Bertz CT molecular complexity index is 933. The molecule has 0 bridgehead atoms. The van der Waals surface area contributed by atoms with E-state index in [9.17, 15) is 14.9 Å². The van der Waals surface area contributed by atoms with Gasteiger partial charge in [0.1, 0.15) is 29.7 Å². The average molecular weight is 409 g/mol. The lowest BCUT2D eigenvalue weighted by atomic mass is 10.1. The Labute approximate surface area is 175 Å². The third-order valence-electron chi connectivity index (χ3n) is 3.86. The van der Waals surface area contributed by atoms with E-state index in [-0.39, 0.29) is 23.4 Å². The van der Waals surface area contributed by atoms with E-state index in [2.05, 4.69) is 10.6 Å². The maximum atomic E-state index is 12.4. The number of nitriles is 1. The van der Waals surface area contributed by atoms with E-state index in [0.29, 0.717) is 18.9 Å². The van der Waals surface area contributed by atoms with Gasteiger partial charge < -0.3 is 24.8 Å². The molecule has 8 nitrogen and oxygen atoms in total. The summed E-state index contributed by atoms with van der Waals surface area (Å²) in [4.78, 5) is 24.4. The summed E-state index contributed by atoms with van der Waals surface area (Å²) in [5.41, 5.74) is 0.342. The first kappa shape index (κ1) is 22.3. The molecule has 0 fully saturated rings. The minimum absolute atomic E-state index is 0.141. The van der Waals surface area contributed by atoms with Crippen molar-refractivity contribution in [1.29, 1.82) is 5.26 Å². The molecular weight excluding hydrogens is 386 g/mol. The van der Waals surface area contributed by atoms with Gasteiger partial charge in [0.25, 0.3) is 5.91 Å². The van der Waals surface area contributed by atoms with Crippen molar-refractivity contribution in [2.24, 2.45) is 0 Å². The van der Waals surface area contributed by atoms with E-state index in [0.717, 1.165) is 5.75 Å². The summed E-state index contributed by atoms with van der Waals surface area (Å²) in [6.45, 7) is 2.62. The second-order valence-electron chi connectivity index (χ2n) is 5.87. The minimum atomic E-state index is -0.641. The Morgan fingerprint density at radius 1 is 1.10 bits per heavy atom. The van der Waals surface area contributed by atoms with Crippen LogP contribution >= 0.6 is 0 Å². The summed E-state index contributed by atoms with van der Waals surface area (Å²) < 4.78 is 15.6. The molecule has 0 unspecified atom stereocenters. The molecule has 0 spiro atoms. The van der Waals surface area contributed by atoms with Gasteiger partial charge in [0.15, 0.2) is 0 Å². The highest BCUT2D eigenvalue weighted by Crippen LogP contribution is 2.18. The summed E-state index contributed by atoms with van der Waals surface area (Å²) >= 11 is 0. The van der Waals surface area contributed by atoms with E-state index in [4.69, 9.17) is 14.2 Å². The average Bonchev–Trinajstić information content (AvgIpc) is 2.77. The second kappa shape index (κ2) is 11.8. The molecule has 156 valence electrons. The highest BCUT2D eigenvalue weighted by Gasteiger charge is 2.16. The van der Waals surface area contributed by atoms with Gasteiger partial charge in [0.05, 0.1) is 25.0 Å². The fraction of sp³-hybridized carbons (Fsp3) is 0.227. The number of nitrogens with zero attached hydrogens (tertiary/aromatic N) is 1. The topological polar surface area (TPSA) is 110 Å². The van der Waals surface area contributed by atoms with Gasteiger partial charge in [-0.3, -0.25) is 4.79 Å². The summed E-state index contributed by atoms with van der Waals surface area (Å²) in [6, 6.07) is 15.4. The van der Waals surface area contributed by atoms with Gasteiger partial charge in [-0.15, -0.1) is 0 Å². The number of rotatable bonds is 10. The molecule has 0 aliphatic rings. The van der Waals surface area contributed by atoms with Crippen molar-refractivity contribution in [1.82, 2.24) is 5.32 Å². The number of carbonyl (C=O) groups excluding carboxylic acids is 2. The molecule has 0 atom stereocenters. The van der Waals surface area contributed by atoms with E-state index < -0.39 is 11.9 Å². The van der Waals surface area contributed by atoms with Gasteiger partial charge >= 0.3 is 5.97 Å². The Kier molecular flexibility index (Phi) is 8.74. The number of amides is 1. The predicted molar refractivity (Wildman–Crippen MR) is 111 cm³/mol. The SMILES string of the molecule is CCOC(=O)c1ccccc1NC(=O)/C(C#N)=C\NCCOc1ccc(OC)cc1. The van der Waals surface area contributed by atoms with E-state index >= 15 is 0 Å². The fourth-order valence-corrected chi connectivity index (χ4v) is 2.39. The minimum Gasteiger partial charge on any atom is -0.497 e. The van der Waals surface area contributed by atoms with Crippen molar-refractivity contribution in [3.63, 3.8) is 0 Å². The number of anilines is 1. The van der Waals surface area contributed by atoms with E-state index in [1.165, 1.54) is 12.3 Å². The standard InChI is InChI=1S/C22H23N3O5/c1-3-29-22(27)19-6-4-5-7-20(19)25-21(26)16(14-23)15-24-12-13-30-18-10-8-17(28-2)9-11-18/h4-11,15,24H,3,12-13H2,1-2H3,(H,25,26)/b16-15-. The van der Waals surface area contributed by atoms with Crippen molar-refractivity contribution in [2.75, 3.05) is 32.2 Å². The Balaban J connectivity index is 1.89. The second-order valence-corrected chi connectivity index (χ2v) is 5.87. The van der Waals surface area contributed by atoms with Crippen molar-refractivity contribution >= 4 is 17.6 Å². The zero-order valence-corrected chi connectivity index (χ0v) is 16.8. The van der Waals surface area contributed by atoms with Crippen LogP contribution in [0.5, 0.6) is 11.5 Å². The summed E-state index contributed by atoms with van der Waals surface area (Å²) in [5, 5.41) is 14.7. The van der Waals surface area contributed by atoms with Gasteiger partial charge in [0.2, 0.25) is 0 Å². The maximum absolute atomic E-state index is 12.4. The number of hydrogen-bond acceptors (Lipinski definition) is 7. The number of hydrogen-bond donors (Lipinski definition) is 2. The van der Waals surface area contributed by atoms with Crippen molar-refractivity contribution in [3.05, 3.63) is 65.9 Å². The molecule has 8 heteroatoms. The lowest BCUT2D eigenvalue weighted by molar-refractivity contribution is -0.112. The number of para-hydroxylation sites is 1. The fourth-order valence-electron chi connectivity index (χ4n) is 2.39. The lowest BCUT2D eigenvalue weighted by Crippen LogP contribution is -2.21. The molecule has 2 aromatic carbocycles. The van der Waals surface area contributed by atoms with Gasteiger partial charge in [-0.05, 0) is 43.3 Å². The quantitative estimate of drug-likeness (QED) is 0.269. The maximum Gasteiger partial charge on any atom is 0.340 e. The number of ether oxygens (including phenoxy) is 3. The van der Waals surface area contributed by atoms with Gasteiger partial charge in [-0.2, -0.15) is 5.26 Å². The van der Waals surface area contributed by atoms with Crippen LogP contribution < -0.4 is 20.1 Å². The third kappa shape index (κ3) is 6.56. The van der Waals surface area contributed by atoms with E-state index in [1.54, 1.807) is 56.5 Å². The van der Waals surface area contributed by atoms with E-state index in [1.807, 2.05) is 6.07 Å². The molecular formula is C22H23N3O5. The van der Waals surface area contributed by atoms with Crippen molar-refractivity contribution < 1.29 is 23.8 Å². The third-order valence-corrected chi connectivity index (χ3v) is 3.86. The number of carbonyl (C=O) groups is 2. The number of nitrogens with one attached hydrogen (secondary N) is 2. The van der Waals surface area contributed by atoms with Crippen LogP contribution in [0.2, 0.25) is 0 Å². The summed E-state index contributed by atoms with van der Waals surface area (Å²) in [7, 11) is 1.59. The molecule has 0 aromatic heterocycles. The summed E-state index contributed by atoms with van der Waals surface area (Å²) in [6.07, 6.45) is 1.31. The first-order chi connectivity index (χ1) is 14.6. The first-order valence-corrected chi connectivity index (χ1v) is 9.27. The molecule has 1 amide bonds. The molecule has 2 N–H and O–H groups in total. The molecule has 0 aliphatic carbocycles. The molecule has 30 heavy (non-hydrogen) atoms. The van der Waals surface area contributed by atoms with Crippen LogP contribution in [0.4, 0.5) is 5.69 Å². The molecule has 0 saturated carbocycles. The van der Waals surface area contributed by atoms with Crippen LogP contribution in [0.3, 0.4) is 0 Å². The number of benzene rings is 2. The molecule has 0 radical (unpaired) electrons. The zero-order valence-electron chi connectivity index (χ0n) is 16.8. The predicted octanol–water partition coefficient (Wildman–Crippen LogP) is 2.89. The number of methoxy groups -OCH3 is 1. The van der Waals surface area contributed by atoms with Gasteiger partial charge in [-0.25, -0.2) is 4.79 Å². The van der Waals surface area contributed by atoms with Crippen LogP contribution in [-0.2, 0) is 9.53 Å². The molecule has 2 rings (SSSR count). The zero-order chi connectivity index (χ0) is 21.8. The lowest BCUT2D eigenvalue weighted by Gasteiger charge is -2.10. The van der Waals surface area contributed by atoms with Crippen LogP contribution in [0.25, 0.3) is 0 Å². The monoisotopic (exact) mass is 409 g/mol. The summed E-state index contributed by atoms with van der Waals surface area (Å²) in [5.74, 6) is 0.218. The van der Waals surface area contributed by atoms with Crippen LogP contribution in [-0.4, -0.2) is 38.7 Å². The van der Waals surface area contributed by atoms with Crippen LogP contribution in [0, 0.1) is 11.3 Å². The smallest absolute Gasteiger partial charge is 0.340 e. The molecule has 0 saturated heterocycles.